The number of esters is 2. The molecule has 0 radical (unpaired) electrons. The highest BCUT2D eigenvalue weighted by Crippen LogP contribution is 2.72. The molecule has 0 aromatic heterocycles. The molecule has 2 bridgehead atoms. The van der Waals surface area contributed by atoms with Crippen molar-refractivity contribution in [1.82, 2.24) is 0 Å². The molecule has 3 saturated heterocycles. The predicted octanol–water partition coefficient (Wildman–Crippen LogP) is 2.55. The van der Waals surface area contributed by atoms with Crippen LogP contribution in [-0.4, -0.2) is 84.7 Å². The molecule has 9 heteroatoms. The average molecular weight is 531 g/mol. The van der Waals surface area contributed by atoms with Gasteiger partial charge in [-0.3, -0.25) is 0 Å². The normalized spacial score (nSPS) is 50.8. The first-order chi connectivity index (χ1) is 18.0. The zero-order valence-corrected chi connectivity index (χ0v) is 22.5. The molecule has 2 spiro atoms. The van der Waals surface area contributed by atoms with Crippen LogP contribution in [0, 0.1) is 10.8 Å². The molecule has 4 aliphatic heterocycles. The number of carbonyl (C=O) groups is 2. The number of allylic oxidation sites excluding steroid dienone is 3. The standard InChI is InChI=1S/C29H38O9/c1-17-9-10-28-15-34-25(32)24-26(3,38-24)11-12-33-19(18(2)30)7-5-6-8-23(31)37-20-14-22(36-21(28)13-17)29(16-35-29)27(20,28)4/h5-8,13,18-22,24,30H,9-12,14-16H2,1-4H3/b7-5+,8-6-. The Morgan fingerprint density at radius 3 is 2.63 bits per heavy atom. The van der Waals surface area contributed by atoms with Crippen LogP contribution in [-0.2, 0) is 38.0 Å². The second-order valence-corrected chi connectivity index (χ2v) is 12.2. The van der Waals surface area contributed by atoms with E-state index in [4.69, 9.17) is 28.4 Å². The third-order valence-electron chi connectivity index (χ3n) is 10.1. The number of hydrogen-bond acceptors (Lipinski definition) is 9. The van der Waals surface area contributed by atoms with Gasteiger partial charge in [0.25, 0.3) is 0 Å². The summed E-state index contributed by atoms with van der Waals surface area (Å²) in [5.41, 5.74) is -1.25. The molecule has 6 rings (SSSR count). The van der Waals surface area contributed by atoms with E-state index in [-0.39, 0.29) is 25.4 Å². The van der Waals surface area contributed by atoms with Crippen LogP contribution in [0.4, 0.5) is 0 Å². The summed E-state index contributed by atoms with van der Waals surface area (Å²) in [4.78, 5) is 26.2. The largest absolute Gasteiger partial charge is 0.463 e. The lowest BCUT2D eigenvalue weighted by Crippen LogP contribution is -2.66. The van der Waals surface area contributed by atoms with Gasteiger partial charge in [-0.15, -0.1) is 0 Å². The molecule has 2 aliphatic carbocycles. The molecule has 4 heterocycles. The Balaban J connectivity index is 1.35. The smallest absolute Gasteiger partial charge is 0.338 e. The van der Waals surface area contributed by atoms with Crippen LogP contribution in [0.15, 0.2) is 36.0 Å². The Hall–Kier alpha value is -2.04. The lowest BCUT2D eigenvalue weighted by atomic mass is 9.51. The van der Waals surface area contributed by atoms with E-state index in [0.717, 1.165) is 12.8 Å². The summed E-state index contributed by atoms with van der Waals surface area (Å²) in [6.45, 7) is 8.66. The molecule has 208 valence electrons. The Morgan fingerprint density at radius 2 is 1.89 bits per heavy atom. The molecule has 0 aromatic carbocycles. The third kappa shape index (κ3) is 3.84. The Labute approximate surface area is 223 Å². The van der Waals surface area contributed by atoms with Crippen LogP contribution >= 0.6 is 0 Å². The molecule has 6 aliphatic rings. The van der Waals surface area contributed by atoms with E-state index in [1.807, 2.05) is 6.92 Å². The topological polar surface area (TPSA) is 116 Å². The van der Waals surface area contributed by atoms with E-state index in [1.54, 1.807) is 25.2 Å². The second-order valence-electron chi connectivity index (χ2n) is 12.2. The zero-order valence-electron chi connectivity index (χ0n) is 22.5. The molecular formula is C29H38O9. The highest BCUT2D eigenvalue weighted by molar-refractivity contribution is 5.82. The highest BCUT2D eigenvalue weighted by atomic mass is 16.7. The van der Waals surface area contributed by atoms with Gasteiger partial charge in [-0.05, 0) is 33.6 Å². The SMILES string of the molecule is CC1=CC2OC3CC4OC(=O)/C=C\C=C\C(C(C)O)OCCC5(C)OC5C(=O)OCC2(CC1)C4(C)C31CO1. The molecule has 1 saturated carbocycles. The monoisotopic (exact) mass is 530 g/mol. The summed E-state index contributed by atoms with van der Waals surface area (Å²) >= 11 is 0. The fraction of sp³-hybridized carbons (Fsp3) is 0.724. The first-order valence-electron chi connectivity index (χ1n) is 13.7. The van der Waals surface area contributed by atoms with E-state index in [9.17, 15) is 14.7 Å². The minimum absolute atomic E-state index is 0.123. The van der Waals surface area contributed by atoms with Gasteiger partial charge in [-0.1, -0.05) is 36.8 Å². The van der Waals surface area contributed by atoms with Crippen molar-refractivity contribution < 1.29 is 43.1 Å². The van der Waals surface area contributed by atoms with Gasteiger partial charge in [0, 0.05) is 24.3 Å². The Morgan fingerprint density at radius 1 is 1.11 bits per heavy atom. The first-order valence-corrected chi connectivity index (χ1v) is 13.7. The number of hydrogen-bond donors (Lipinski definition) is 1. The van der Waals surface area contributed by atoms with Crippen molar-refractivity contribution >= 4 is 11.9 Å². The molecule has 1 N–H and O–H groups in total. The maximum absolute atomic E-state index is 13.2. The van der Waals surface area contributed by atoms with Crippen molar-refractivity contribution in [2.75, 3.05) is 19.8 Å². The van der Waals surface area contributed by atoms with Crippen molar-refractivity contribution in [3.8, 4) is 0 Å². The van der Waals surface area contributed by atoms with Gasteiger partial charge in [0.05, 0.1) is 36.9 Å². The summed E-state index contributed by atoms with van der Waals surface area (Å²) in [5, 5.41) is 10.1. The molecule has 38 heavy (non-hydrogen) atoms. The summed E-state index contributed by atoms with van der Waals surface area (Å²) in [6.07, 6.45) is 8.08. The fourth-order valence-corrected chi connectivity index (χ4v) is 7.37. The molecule has 0 amide bonds. The Kier molecular flexibility index (Phi) is 6.20. The molecule has 4 fully saturated rings. The van der Waals surface area contributed by atoms with Crippen molar-refractivity contribution in [2.24, 2.45) is 10.8 Å². The number of ether oxygens (including phenoxy) is 6. The van der Waals surface area contributed by atoms with Gasteiger partial charge in [-0.25, -0.2) is 9.59 Å². The van der Waals surface area contributed by atoms with Gasteiger partial charge in [0.2, 0.25) is 0 Å². The molecular weight excluding hydrogens is 492 g/mol. The summed E-state index contributed by atoms with van der Waals surface area (Å²) < 4.78 is 36.6. The van der Waals surface area contributed by atoms with Gasteiger partial charge in [-0.2, -0.15) is 0 Å². The summed E-state index contributed by atoms with van der Waals surface area (Å²) in [7, 11) is 0. The van der Waals surface area contributed by atoms with Crippen LogP contribution in [0.5, 0.6) is 0 Å². The number of fused-ring (bicyclic) bond motifs is 1. The first kappa shape index (κ1) is 26.2. The number of epoxide rings is 2. The van der Waals surface area contributed by atoms with E-state index in [1.165, 1.54) is 11.6 Å². The highest BCUT2D eigenvalue weighted by Gasteiger charge is 2.83. The van der Waals surface area contributed by atoms with Gasteiger partial charge in [0.15, 0.2) is 6.10 Å². The number of carbonyl (C=O) groups excluding carboxylic acids is 2. The van der Waals surface area contributed by atoms with Crippen LogP contribution in [0.25, 0.3) is 0 Å². The fourth-order valence-electron chi connectivity index (χ4n) is 7.37. The lowest BCUT2D eigenvalue weighted by molar-refractivity contribution is -0.233. The number of aliphatic hydroxyl groups is 1. The maximum atomic E-state index is 13.2. The number of aliphatic hydroxyl groups excluding tert-OH is 1. The third-order valence-corrected chi connectivity index (χ3v) is 10.1. The van der Waals surface area contributed by atoms with Crippen molar-refractivity contribution in [2.45, 2.75) is 101 Å². The van der Waals surface area contributed by atoms with E-state index >= 15 is 0 Å². The van der Waals surface area contributed by atoms with Gasteiger partial charge in [0.1, 0.15) is 30.0 Å². The molecule has 0 aromatic rings. The van der Waals surface area contributed by atoms with E-state index in [0.29, 0.717) is 19.4 Å². The predicted molar refractivity (Wildman–Crippen MR) is 134 cm³/mol. The second kappa shape index (κ2) is 8.99. The number of cyclic esters (lactones) is 1. The number of rotatable bonds is 1. The Bertz CT molecular complexity index is 1090. The van der Waals surface area contributed by atoms with Crippen LogP contribution in [0.3, 0.4) is 0 Å². The summed E-state index contributed by atoms with van der Waals surface area (Å²) in [5.74, 6) is -0.876. The zero-order chi connectivity index (χ0) is 26.9. The minimum Gasteiger partial charge on any atom is -0.463 e. The van der Waals surface area contributed by atoms with Crippen LogP contribution in [0.1, 0.15) is 53.4 Å². The maximum Gasteiger partial charge on any atom is 0.338 e. The van der Waals surface area contributed by atoms with Gasteiger partial charge >= 0.3 is 11.9 Å². The van der Waals surface area contributed by atoms with Crippen molar-refractivity contribution in [3.05, 3.63) is 36.0 Å². The average Bonchev–Trinajstić information content (AvgIpc) is 3.77. The van der Waals surface area contributed by atoms with Crippen LogP contribution < -0.4 is 0 Å². The van der Waals surface area contributed by atoms with E-state index < -0.39 is 58.4 Å². The quantitative estimate of drug-likeness (QED) is 0.310. The molecule has 10 atom stereocenters. The molecule has 10 unspecified atom stereocenters. The molecule has 9 nitrogen and oxygen atoms in total. The van der Waals surface area contributed by atoms with Crippen molar-refractivity contribution in [3.63, 3.8) is 0 Å². The van der Waals surface area contributed by atoms with E-state index in [2.05, 4.69) is 19.9 Å². The lowest BCUT2D eigenvalue weighted by Gasteiger charge is -2.58. The van der Waals surface area contributed by atoms with Crippen molar-refractivity contribution in [1.29, 1.82) is 0 Å². The summed E-state index contributed by atoms with van der Waals surface area (Å²) in [6, 6.07) is 0. The van der Waals surface area contributed by atoms with Crippen LogP contribution in [0.2, 0.25) is 0 Å². The van der Waals surface area contributed by atoms with Gasteiger partial charge < -0.3 is 33.5 Å². The minimum atomic E-state index is -0.754.